The molecule has 2 aromatic carbocycles. The predicted octanol–water partition coefficient (Wildman–Crippen LogP) is 4.88. The van der Waals surface area contributed by atoms with E-state index in [2.05, 4.69) is 18.0 Å². The first-order valence-electron chi connectivity index (χ1n) is 7.99. The number of thioether (sulfide) groups is 1. The van der Waals surface area contributed by atoms with Crippen LogP contribution in [0.25, 0.3) is 6.08 Å². The van der Waals surface area contributed by atoms with Crippen molar-refractivity contribution in [3.63, 3.8) is 0 Å². The Morgan fingerprint density at radius 1 is 1.04 bits per heavy atom. The summed E-state index contributed by atoms with van der Waals surface area (Å²) in [4.78, 5) is 20.0. The molecule has 0 bridgehead atoms. The second-order valence-corrected chi connectivity index (χ2v) is 6.96. The van der Waals surface area contributed by atoms with E-state index in [9.17, 15) is 4.79 Å². The minimum absolute atomic E-state index is 0.0196. The Labute approximate surface area is 147 Å². The van der Waals surface area contributed by atoms with Crippen molar-refractivity contribution in [2.45, 2.75) is 26.8 Å². The summed E-state index contributed by atoms with van der Waals surface area (Å²) in [6.07, 6.45) is 1.96. The van der Waals surface area contributed by atoms with Crippen LogP contribution in [-0.4, -0.2) is 17.1 Å². The Morgan fingerprint density at radius 2 is 1.71 bits per heavy atom. The molecule has 1 amide bonds. The van der Waals surface area contributed by atoms with E-state index < -0.39 is 0 Å². The van der Waals surface area contributed by atoms with Crippen LogP contribution in [0, 0.1) is 6.92 Å². The number of amides is 1. The molecule has 1 fully saturated rings. The van der Waals surface area contributed by atoms with Gasteiger partial charge in [0.05, 0.1) is 10.6 Å². The van der Waals surface area contributed by atoms with E-state index in [1.54, 1.807) is 4.90 Å². The summed E-state index contributed by atoms with van der Waals surface area (Å²) in [6.45, 7) is 6.09. The molecule has 3 rings (SSSR count). The van der Waals surface area contributed by atoms with E-state index in [1.165, 1.54) is 11.8 Å². The van der Waals surface area contributed by atoms with E-state index in [1.807, 2.05) is 68.5 Å². The number of hydrogen-bond acceptors (Lipinski definition) is 3. The monoisotopic (exact) mass is 336 g/mol. The molecule has 1 aliphatic rings. The van der Waals surface area contributed by atoms with E-state index in [-0.39, 0.29) is 11.9 Å². The molecule has 0 unspecified atom stereocenters. The number of para-hydroxylation sites is 1. The second kappa shape index (κ2) is 7.05. The molecular formula is C20H20N2OS. The summed E-state index contributed by atoms with van der Waals surface area (Å²) in [5, 5.41) is 0.737. The van der Waals surface area contributed by atoms with Crippen molar-refractivity contribution in [2.75, 3.05) is 4.90 Å². The molecule has 0 aliphatic carbocycles. The number of rotatable bonds is 3. The largest absolute Gasteiger partial charge is 0.271 e. The van der Waals surface area contributed by atoms with Crippen LogP contribution < -0.4 is 4.90 Å². The molecule has 0 radical (unpaired) electrons. The van der Waals surface area contributed by atoms with Gasteiger partial charge >= 0.3 is 0 Å². The number of nitrogens with zero attached hydrogens (tertiary/aromatic N) is 2. The van der Waals surface area contributed by atoms with Crippen molar-refractivity contribution in [1.82, 2.24) is 0 Å². The minimum Gasteiger partial charge on any atom is -0.268 e. The molecule has 3 nitrogen and oxygen atoms in total. The molecule has 1 heterocycles. The number of carbonyl (C=O) groups excluding carboxylic acids is 1. The lowest BCUT2D eigenvalue weighted by Gasteiger charge is -2.16. The average Bonchev–Trinajstić information content (AvgIpc) is 2.85. The minimum atomic E-state index is -0.0196. The van der Waals surface area contributed by atoms with Gasteiger partial charge in [0.15, 0.2) is 5.17 Å². The maximum absolute atomic E-state index is 13.0. The molecule has 24 heavy (non-hydrogen) atoms. The number of anilines is 1. The van der Waals surface area contributed by atoms with Crippen molar-refractivity contribution in [1.29, 1.82) is 0 Å². The van der Waals surface area contributed by atoms with Gasteiger partial charge in [-0.15, -0.1) is 0 Å². The summed E-state index contributed by atoms with van der Waals surface area (Å²) in [5.41, 5.74) is 3.06. The third kappa shape index (κ3) is 3.44. The summed E-state index contributed by atoms with van der Waals surface area (Å²) < 4.78 is 0. The maximum atomic E-state index is 13.0. The molecule has 0 spiro atoms. The third-order valence-electron chi connectivity index (χ3n) is 3.66. The summed E-state index contributed by atoms with van der Waals surface area (Å²) in [5.74, 6) is -0.0196. The normalized spacial score (nSPS) is 18.2. The smallest absolute Gasteiger partial charge is 0.268 e. The zero-order valence-electron chi connectivity index (χ0n) is 14.1. The van der Waals surface area contributed by atoms with Crippen molar-refractivity contribution >= 4 is 34.6 Å². The zero-order chi connectivity index (χ0) is 17.1. The number of aryl methyl sites for hydroxylation is 1. The van der Waals surface area contributed by atoms with Crippen LogP contribution in [0.4, 0.5) is 5.69 Å². The predicted molar refractivity (Wildman–Crippen MR) is 103 cm³/mol. The highest BCUT2D eigenvalue weighted by Gasteiger charge is 2.34. The zero-order valence-corrected chi connectivity index (χ0v) is 14.9. The Kier molecular flexibility index (Phi) is 4.86. The van der Waals surface area contributed by atoms with Gasteiger partial charge in [-0.05, 0) is 61.9 Å². The first-order chi connectivity index (χ1) is 11.6. The highest BCUT2D eigenvalue weighted by atomic mass is 32.2. The van der Waals surface area contributed by atoms with E-state index in [0.29, 0.717) is 4.91 Å². The quantitative estimate of drug-likeness (QED) is 0.748. The highest BCUT2D eigenvalue weighted by Crippen LogP contribution is 2.36. The molecule has 2 aromatic rings. The summed E-state index contributed by atoms with van der Waals surface area (Å²) in [7, 11) is 0. The lowest BCUT2D eigenvalue weighted by atomic mass is 10.1. The van der Waals surface area contributed by atoms with Crippen LogP contribution in [0.15, 0.2) is 64.5 Å². The Morgan fingerprint density at radius 3 is 2.38 bits per heavy atom. The van der Waals surface area contributed by atoms with Crippen molar-refractivity contribution in [3.8, 4) is 0 Å². The Bertz CT molecular complexity index is 809. The van der Waals surface area contributed by atoms with Crippen LogP contribution in [0.1, 0.15) is 25.0 Å². The third-order valence-corrected chi connectivity index (χ3v) is 4.65. The van der Waals surface area contributed by atoms with Gasteiger partial charge in [0.1, 0.15) is 0 Å². The lowest BCUT2D eigenvalue weighted by Crippen LogP contribution is -2.29. The molecular weight excluding hydrogens is 316 g/mol. The van der Waals surface area contributed by atoms with Gasteiger partial charge < -0.3 is 0 Å². The van der Waals surface area contributed by atoms with Gasteiger partial charge in [-0.1, -0.05) is 42.5 Å². The van der Waals surface area contributed by atoms with E-state index >= 15 is 0 Å². The number of hydrogen-bond donors (Lipinski definition) is 0. The topological polar surface area (TPSA) is 32.7 Å². The standard InChI is InChI=1S/C20H20N2OS/c1-14(2)21-20-22(17-11-5-4-6-12-17)19(23)18(24-20)13-16-10-8-7-9-15(16)3/h4-14H,1-3H3/b18-13-,21-20?. The number of carbonyl (C=O) groups is 1. The number of aliphatic imine (C=N–C) groups is 1. The Balaban J connectivity index is 2.03. The van der Waals surface area contributed by atoms with Crippen molar-refractivity contribution in [2.24, 2.45) is 4.99 Å². The number of benzene rings is 2. The second-order valence-electron chi connectivity index (χ2n) is 5.95. The van der Waals surface area contributed by atoms with Crippen LogP contribution >= 0.6 is 11.8 Å². The molecule has 0 aromatic heterocycles. The molecule has 1 aliphatic heterocycles. The first kappa shape index (κ1) is 16.5. The SMILES string of the molecule is Cc1ccccc1/C=C1\SC(=NC(C)C)N(c2ccccc2)C1=O. The first-order valence-corrected chi connectivity index (χ1v) is 8.80. The van der Waals surface area contributed by atoms with Crippen LogP contribution in [0.2, 0.25) is 0 Å². The van der Waals surface area contributed by atoms with Crippen LogP contribution in [0.3, 0.4) is 0 Å². The summed E-state index contributed by atoms with van der Waals surface area (Å²) >= 11 is 1.44. The van der Waals surface area contributed by atoms with Gasteiger partial charge in [-0.2, -0.15) is 0 Å². The molecule has 1 saturated heterocycles. The molecule has 0 N–H and O–H groups in total. The number of amidine groups is 1. The summed E-state index contributed by atoms with van der Waals surface area (Å²) in [6, 6.07) is 17.9. The van der Waals surface area contributed by atoms with Crippen LogP contribution in [-0.2, 0) is 4.79 Å². The fourth-order valence-corrected chi connectivity index (χ4v) is 3.58. The van der Waals surface area contributed by atoms with Gasteiger partial charge in [-0.25, -0.2) is 0 Å². The fourth-order valence-electron chi connectivity index (χ4n) is 2.48. The van der Waals surface area contributed by atoms with Gasteiger partial charge in [-0.3, -0.25) is 14.7 Å². The van der Waals surface area contributed by atoms with E-state index in [0.717, 1.165) is 22.0 Å². The van der Waals surface area contributed by atoms with Gasteiger partial charge in [0.2, 0.25) is 0 Å². The molecule has 0 saturated carbocycles. The lowest BCUT2D eigenvalue weighted by molar-refractivity contribution is -0.113. The van der Waals surface area contributed by atoms with Crippen LogP contribution in [0.5, 0.6) is 0 Å². The highest BCUT2D eigenvalue weighted by molar-refractivity contribution is 8.19. The maximum Gasteiger partial charge on any atom is 0.271 e. The van der Waals surface area contributed by atoms with Crippen molar-refractivity contribution in [3.05, 3.63) is 70.6 Å². The molecule has 122 valence electrons. The van der Waals surface area contributed by atoms with Gasteiger partial charge in [0.25, 0.3) is 5.91 Å². The van der Waals surface area contributed by atoms with Gasteiger partial charge in [0, 0.05) is 6.04 Å². The van der Waals surface area contributed by atoms with E-state index in [4.69, 9.17) is 0 Å². The molecule has 4 heteroatoms. The molecule has 0 atom stereocenters. The average molecular weight is 336 g/mol. The Hall–Kier alpha value is -2.33. The van der Waals surface area contributed by atoms with Crippen molar-refractivity contribution < 1.29 is 4.79 Å². The fraction of sp³-hybridized carbons (Fsp3) is 0.200.